The molecule has 0 N–H and O–H groups in total. The zero-order valence-corrected chi connectivity index (χ0v) is 12.9. The van der Waals surface area contributed by atoms with Gasteiger partial charge in [0.25, 0.3) is 0 Å². The predicted octanol–water partition coefficient (Wildman–Crippen LogP) is 0.551. The predicted molar refractivity (Wildman–Crippen MR) is 75.4 cm³/mol. The minimum absolute atomic E-state index is 0.725. The van der Waals surface area contributed by atoms with Gasteiger partial charge in [-0.25, -0.2) is 0 Å². The largest absolute Gasteiger partial charge is 0.381 e. The Morgan fingerprint density at radius 3 is 1.61 bits per heavy atom. The average molecular weight is 260 g/mol. The fourth-order valence-electron chi connectivity index (χ4n) is 1.99. The number of methoxy groups -OCH3 is 2. The SMILES string of the molecule is CCN(CC)C(N(CCOC)CCOC)=[N+](C)C. The van der Waals surface area contributed by atoms with Crippen molar-refractivity contribution < 1.29 is 14.0 Å². The van der Waals surface area contributed by atoms with Crippen LogP contribution in [0.15, 0.2) is 0 Å². The van der Waals surface area contributed by atoms with Crippen LogP contribution >= 0.6 is 0 Å². The third-order valence-electron chi connectivity index (χ3n) is 2.86. The topological polar surface area (TPSA) is 28.0 Å². The van der Waals surface area contributed by atoms with Gasteiger partial charge in [-0.15, -0.1) is 0 Å². The van der Waals surface area contributed by atoms with Crippen molar-refractivity contribution in [1.29, 1.82) is 0 Å². The van der Waals surface area contributed by atoms with E-state index >= 15 is 0 Å². The van der Waals surface area contributed by atoms with E-state index in [-0.39, 0.29) is 0 Å². The maximum atomic E-state index is 5.20. The van der Waals surface area contributed by atoms with Gasteiger partial charge in [-0.3, -0.25) is 14.4 Å². The van der Waals surface area contributed by atoms with E-state index < -0.39 is 0 Å². The van der Waals surface area contributed by atoms with E-state index in [0.717, 1.165) is 39.4 Å². The summed E-state index contributed by atoms with van der Waals surface area (Å²) in [6, 6.07) is 0. The summed E-state index contributed by atoms with van der Waals surface area (Å²) in [4.78, 5) is 4.67. The summed E-state index contributed by atoms with van der Waals surface area (Å²) in [5.41, 5.74) is 0. The number of rotatable bonds is 8. The monoisotopic (exact) mass is 260 g/mol. The van der Waals surface area contributed by atoms with Crippen LogP contribution in [0.5, 0.6) is 0 Å². The molecule has 0 bridgehead atoms. The summed E-state index contributed by atoms with van der Waals surface area (Å²) in [5, 5.41) is 0. The van der Waals surface area contributed by atoms with Crippen LogP contribution in [0.25, 0.3) is 0 Å². The lowest BCUT2D eigenvalue weighted by Gasteiger charge is -2.27. The maximum absolute atomic E-state index is 5.20. The molecule has 18 heavy (non-hydrogen) atoms. The molecule has 0 aromatic carbocycles. The molecule has 0 heterocycles. The lowest BCUT2D eigenvalue weighted by molar-refractivity contribution is -0.476. The van der Waals surface area contributed by atoms with Crippen molar-refractivity contribution in [3.8, 4) is 0 Å². The zero-order valence-electron chi connectivity index (χ0n) is 12.9. The highest BCUT2D eigenvalue weighted by Crippen LogP contribution is 1.99. The second kappa shape index (κ2) is 10.1. The van der Waals surface area contributed by atoms with Crippen molar-refractivity contribution in [2.45, 2.75) is 13.8 Å². The van der Waals surface area contributed by atoms with Gasteiger partial charge in [-0.1, -0.05) is 0 Å². The zero-order chi connectivity index (χ0) is 14.0. The first kappa shape index (κ1) is 17.2. The minimum Gasteiger partial charge on any atom is -0.381 e. The van der Waals surface area contributed by atoms with Crippen LogP contribution in [0.1, 0.15) is 13.8 Å². The fourth-order valence-corrected chi connectivity index (χ4v) is 1.99. The molecular weight excluding hydrogens is 230 g/mol. The van der Waals surface area contributed by atoms with Crippen LogP contribution in [-0.2, 0) is 9.47 Å². The molecule has 5 heteroatoms. The molecule has 0 atom stereocenters. The van der Waals surface area contributed by atoms with Gasteiger partial charge >= 0.3 is 5.96 Å². The van der Waals surface area contributed by atoms with E-state index in [1.165, 1.54) is 5.96 Å². The first-order valence-corrected chi connectivity index (χ1v) is 6.64. The smallest absolute Gasteiger partial charge is 0.350 e. The van der Waals surface area contributed by atoms with Gasteiger partial charge < -0.3 is 9.47 Å². The van der Waals surface area contributed by atoms with Crippen LogP contribution in [0, 0.1) is 0 Å². The molecule has 0 aliphatic carbocycles. The van der Waals surface area contributed by atoms with Crippen molar-refractivity contribution in [3.63, 3.8) is 0 Å². The summed E-state index contributed by atoms with van der Waals surface area (Å²) < 4.78 is 12.6. The van der Waals surface area contributed by atoms with E-state index in [1.807, 2.05) is 0 Å². The first-order valence-electron chi connectivity index (χ1n) is 6.64. The van der Waals surface area contributed by atoms with E-state index in [9.17, 15) is 0 Å². The Balaban J connectivity index is 4.90. The van der Waals surface area contributed by atoms with Crippen LogP contribution in [0.4, 0.5) is 0 Å². The molecular formula is C13H30N3O2+. The molecule has 5 nitrogen and oxygen atoms in total. The molecule has 0 radical (unpaired) electrons. The van der Waals surface area contributed by atoms with Crippen LogP contribution in [0.3, 0.4) is 0 Å². The lowest BCUT2D eigenvalue weighted by atomic mass is 10.4. The molecule has 0 spiro atoms. The lowest BCUT2D eigenvalue weighted by Crippen LogP contribution is -2.50. The van der Waals surface area contributed by atoms with Crippen LogP contribution < -0.4 is 0 Å². The van der Waals surface area contributed by atoms with Gasteiger partial charge in [0.1, 0.15) is 0 Å². The third kappa shape index (κ3) is 5.69. The summed E-state index contributed by atoms with van der Waals surface area (Å²) >= 11 is 0. The molecule has 0 aromatic rings. The van der Waals surface area contributed by atoms with Crippen molar-refractivity contribution in [2.24, 2.45) is 0 Å². The number of nitrogens with zero attached hydrogens (tertiary/aromatic N) is 3. The van der Waals surface area contributed by atoms with E-state index in [2.05, 4.69) is 42.3 Å². The van der Waals surface area contributed by atoms with E-state index in [4.69, 9.17) is 9.47 Å². The number of guanidine groups is 1. The van der Waals surface area contributed by atoms with E-state index in [1.54, 1.807) is 14.2 Å². The number of ether oxygens (including phenoxy) is 2. The summed E-state index contributed by atoms with van der Waals surface area (Å²) in [5.74, 6) is 1.23. The van der Waals surface area contributed by atoms with Gasteiger partial charge in [-0.05, 0) is 13.8 Å². The van der Waals surface area contributed by atoms with Gasteiger partial charge in [0.15, 0.2) is 0 Å². The third-order valence-corrected chi connectivity index (χ3v) is 2.86. The standard InChI is InChI=1S/C13H30N3O2/c1-7-15(8-2)13(14(3)4)16(9-11-17-5)10-12-18-6/h7-12H2,1-6H3/q+1. The normalized spacial score (nSPS) is 10.3. The molecule has 0 aliphatic heterocycles. The molecule has 0 rings (SSSR count). The second-order valence-electron chi connectivity index (χ2n) is 4.34. The summed E-state index contributed by atoms with van der Waals surface area (Å²) in [7, 11) is 7.64. The van der Waals surface area contributed by atoms with Gasteiger partial charge in [0.2, 0.25) is 0 Å². The Kier molecular flexibility index (Phi) is 9.69. The van der Waals surface area contributed by atoms with Gasteiger partial charge in [0.05, 0.1) is 53.5 Å². The fraction of sp³-hybridized carbons (Fsp3) is 0.923. The Morgan fingerprint density at radius 1 is 0.889 bits per heavy atom. The Hall–Kier alpha value is -0.810. The number of hydrogen-bond donors (Lipinski definition) is 0. The Bertz CT molecular complexity index is 228. The molecule has 0 aromatic heterocycles. The second-order valence-corrected chi connectivity index (χ2v) is 4.34. The Morgan fingerprint density at radius 2 is 1.33 bits per heavy atom. The van der Waals surface area contributed by atoms with Crippen LogP contribution in [0.2, 0.25) is 0 Å². The summed E-state index contributed by atoms with van der Waals surface area (Å²) in [6.45, 7) is 9.56. The molecule has 0 fully saturated rings. The van der Waals surface area contributed by atoms with Crippen molar-refractivity contribution in [2.75, 3.05) is 67.7 Å². The van der Waals surface area contributed by atoms with Crippen molar-refractivity contribution in [1.82, 2.24) is 9.80 Å². The minimum atomic E-state index is 0.725. The van der Waals surface area contributed by atoms with Crippen LogP contribution in [-0.4, -0.2) is 88.0 Å². The molecule has 0 amide bonds. The van der Waals surface area contributed by atoms with Gasteiger partial charge in [0, 0.05) is 14.2 Å². The molecule has 0 saturated carbocycles. The quantitative estimate of drug-likeness (QED) is 0.362. The highest BCUT2D eigenvalue weighted by molar-refractivity contribution is 5.75. The molecule has 0 unspecified atom stereocenters. The average Bonchev–Trinajstić information content (AvgIpc) is 2.36. The molecule has 108 valence electrons. The Labute approximate surface area is 112 Å². The molecule has 0 aliphatic rings. The van der Waals surface area contributed by atoms with E-state index in [0.29, 0.717) is 0 Å². The highest BCUT2D eigenvalue weighted by Gasteiger charge is 2.24. The molecule has 0 saturated heterocycles. The maximum Gasteiger partial charge on any atom is 0.350 e. The first-order chi connectivity index (χ1) is 8.62. The van der Waals surface area contributed by atoms with Crippen molar-refractivity contribution in [3.05, 3.63) is 0 Å². The van der Waals surface area contributed by atoms with Crippen molar-refractivity contribution >= 4 is 5.96 Å². The number of hydrogen-bond acceptors (Lipinski definition) is 2. The highest BCUT2D eigenvalue weighted by atomic mass is 16.5. The summed E-state index contributed by atoms with van der Waals surface area (Å²) in [6.07, 6.45) is 0. The van der Waals surface area contributed by atoms with Gasteiger partial charge in [-0.2, -0.15) is 0 Å².